The molecule has 0 spiro atoms. The highest BCUT2D eigenvalue weighted by Gasteiger charge is 2.38. The van der Waals surface area contributed by atoms with Crippen LogP contribution >= 0.6 is 27.7 Å². The zero-order chi connectivity index (χ0) is 19.4. The van der Waals surface area contributed by atoms with Gasteiger partial charge in [0.1, 0.15) is 11.8 Å². The molecule has 3 heterocycles. The molecule has 7 nitrogen and oxygen atoms in total. The largest absolute Gasteiger partial charge is 0.463 e. The van der Waals surface area contributed by atoms with E-state index in [1.54, 1.807) is 23.4 Å². The van der Waals surface area contributed by atoms with Gasteiger partial charge in [-0.25, -0.2) is 9.48 Å². The van der Waals surface area contributed by atoms with Crippen molar-refractivity contribution in [2.24, 2.45) is 0 Å². The average molecular weight is 455 g/mol. The van der Waals surface area contributed by atoms with Crippen LogP contribution in [-0.4, -0.2) is 33.1 Å². The quantitative estimate of drug-likeness (QED) is 0.454. The summed E-state index contributed by atoms with van der Waals surface area (Å²) in [4.78, 5) is 17.4. The molecule has 9 heteroatoms. The van der Waals surface area contributed by atoms with Crippen LogP contribution in [-0.2, 0) is 9.53 Å². The van der Waals surface area contributed by atoms with E-state index in [0.29, 0.717) is 40.1 Å². The molecule has 0 amide bonds. The molecule has 2 aromatic rings. The SMILES string of the molecule is CCCSc1nc2n(n1)C(c1ccc(Br)o1)C(C(=O)OCC)=C(CCC)N2. The number of esters is 1. The first-order valence-electron chi connectivity index (χ1n) is 9.10. The van der Waals surface area contributed by atoms with Crippen LogP contribution in [0.2, 0.25) is 0 Å². The fourth-order valence-electron chi connectivity index (χ4n) is 2.94. The number of hydrogen-bond acceptors (Lipinski definition) is 7. The minimum Gasteiger partial charge on any atom is -0.463 e. The van der Waals surface area contributed by atoms with Crippen LogP contribution < -0.4 is 5.32 Å². The Labute approximate surface area is 171 Å². The van der Waals surface area contributed by atoms with E-state index in [2.05, 4.69) is 45.2 Å². The lowest BCUT2D eigenvalue weighted by Gasteiger charge is -2.27. The third-order valence-corrected chi connectivity index (χ3v) is 5.48. The van der Waals surface area contributed by atoms with E-state index in [9.17, 15) is 4.79 Å². The fourth-order valence-corrected chi connectivity index (χ4v) is 3.94. The number of fused-ring (bicyclic) bond motifs is 1. The lowest BCUT2D eigenvalue weighted by atomic mass is 9.98. The molecule has 1 aliphatic heterocycles. The minimum atomic E-state index is -0.517. The summed E-state index contributed by atoms with van der Waals surface area (Å²) in [5.74, 6) is 1.79. The fraction of sp³-hybridized carbons (Fsp3) is 0.500. The third kappa shape index (κ3) is 4.24. The highest BCUT2D eigenvalue weighted by atomic mass is 79.9. The van der Waals surface area contributed by atoms with E-state index in [-0.39, 0.29) is 5.97 Å². The third-order valence-electron chi connectivity index (χ3n) is 4.01. The number of rotatable bonds is 8. The van der Waals surface area contributed by atoms with Crippen molar-refractivity contribution in [2.75, 3.05) is 17.7 Å². The summed E-state index contributed by atoms with van der Waals surface area (Å²) in [5, 5.41) is 8.60. The number of nitrogens with zero attached hydrogens (tertiary/aromatic N) is 3. The Morgan fingerprint density at radius 3 is 2.81 bits per heavy atom. The molecule has 146 valence electrons. The normalized spacial score (nSPS) is 16.2. The van der Waals surface area contributed by atoms with Gasteiger partial charge in [-0.15, -0.1) is 5.10 Å². The molecule has 0 aliphatic carbocycles. The van der Waals surface area contributed by atoms with Crippen LogP contribution in [0.5, 0.6) is 0 Å². The number of hydrogen-bond donors (Lipinski definition) is 1. The predicted molar refractivity (Wildman–Crippen MR) is 108 cm³/mol. The summed E-state index contributed by atoms with van der Waals surface area (Å²) in [5.41, 5.74) is 1.32. The molecule has 0 saturated carbocycles. The molecule has 0 radical (unpaired) electrons. The van der Waals surface area contributed by atoms with Gasteiger partial charge in [0.2, 0.25) is 11.1 Å². The molecule has 1 N–H and O–H groups in total. The zero-order valence-corrected chi connectivity index (χ0v) is 18.0. The molecule has 0 saturated heterocycles. The van der Waals surface area contributed by atoms with Crippen LogP contribution in [0.3, 0.4) is 0 Å². The maximum Gasteiger partial charge on any atom is 0.338 e. The van der Waals surface area contributed by atoms with E-state index in [0.717, 1.165) is 24.3 Å². The molecule has 1 unspecified atom stereocenters. The van der Waals surface area contributed by atoms with Crippen molar-refractivity contribution in [3.8, 4) is 0 Å². The number of carbonyl (C=O) groups excluding carboxylic acids is 1. The van der Waals surface area contributed by atoms with Gasteiger partial charge in [0.25, 0.3) is 0 Å². The highest BCUT2D eigenvalue weighted by Crippen LogP contribution is 2.39. The van der Waals surface area contributed by atoms with Crippen molar-refractivity contribution in [3.63, 3.8) is 0 Å². The number of allylic oxidation sites excluding steroid dienone is 1. The molecule has 2 aromatic heterocycles. The first-order chi connectivity index (χ1) is 13.1. The maximum absolute atomic E-state index is 12.8. The van der Waals surface area contributed by atoms with Gasteiger partial charge in [-0.1, -0.05) is 32.0 Å². The van der Waals surface area contributed by atoms with E-state index in [1.807, 2.05) is 12.1 Å². The Balaban J connectivity index is 2.11. The molecular formula is C18H23BrN4O3S. The molecule has 1 atom stereocenters. The summed E-state index contributed by atoms with van der Waals surface area (Å²) >= 11 is 4.94. The molecule has 3 rings (SSSR count). The smallest absolute Gasteiger partial charge is 0.338 e. The van der Waals surface area contributed by atoms with Gasteiger partial charge in [0, 0.05) is 11.4 Å². The predicted octanol–water partition coefficient (Wildman–Crippen LogP) is 4.77. The van der Waals surface area contributed by atoms with E-state index in [4.69, 9.17) is 9.15 Å². The molecule has 27 heavy (non-hydrogen) atoms. The molecular weight excluding hydrogens is 432 g/mol. The van der Waals surface area contributed by atoms with Crippen molar-refractivity contribution < 1.29 is 13.9 Å². The number of nitrogens with one attached hydrogen (secondary N) is 1. The summed E-state index contributed by atoms with van der Waals surface area (Å²) < 4.78 is 13.5. The Morgan fingerprint density at radius 2 is 2.19 bits per heavy atom. The number of furan rings is 1. The summed E-state index contributed by atoms with van der Waals surface area (Å²) in [6.07, 6.45) is 2.62. The zero-order valence-electron chi connectivity index (χ0n) is 15.6. The highest BCUT2D eigenvalue weighted by molar-refractivity contribution is 9.10. The Morgan fingerprint density at radius 1 is 1.37 bits per heavy atom. The van der Waals surface area contributed by atoms with Gasteiger partial charge in [-0.2, -0.15) is 4.98 Å². The first-order valence-corrected chi connectivity index (χ1v) is 10.9. The van der Waals surface area contributed by atoms with E-state index < -0.39 is 6.04 Å². The first kappa shape index (κ1) is 20.0. The monoisotopic (exact) mass is 454 g/mol. The summed E-state index contributed by atoms with van der Waals surface area (Å²) in [6.45, 7) is 6.28. The second-order valence-corrected chi connectivity index (χ2v) is 7.89. The molecule has 0 bridgehead atoms. The van der Waals surface area contributed by atoms with Gasteiger partial charge in [-0.05, 0) is 47.8 Å². The Kier molecular flexibility index (Phi) is 6.64. The number of aromatic nitrogens is 3. The van der Waals surface area contributed by atoms with E-state index in [1.165, 1.54) is 0 Å². The average Bonchev–Trinajstić information content (AvgIpc) is 3.24. The van der Waals surface area contributed by atoms with Crippen molar-refractivity contribution in [1.29, 1.82) is 0 Å². The number of ether oxygens (including phenoxy) is 1. The standard InChI is InChI=1S/C18H23BrN4O3S/c1-4-7-11-14(16(24)25-6-3)15(12-8-9-13(19)26-12)23-17(20-11)21-18(22-23)27-10-5-2/h8-9,15H,4-7,10H2,1-3H3,(H,20,21,22). The van der Waals surface area contributed by atoms with Gasteiger partial charge in [0.05, 0.1) is 12.2 Å². The second kappa shape index (κ2) is 8.97. The van der Waals surface area contributed by atoms with Crippen LogP contribution in [0.4, 0.5) is 5.95 Å². The number of thioether (sulfide) groups is 1. The van der Waals surface area contributed by atoms with E-state index >= 15 is 0 Å². The van der Waals surface area contributed by atoms with Gasteiger partial charge in [0.15, 0.2) is 4.67 Å². The minimum absolute atomic E-state index is 0.304. The van der Waals surface area contributed by atoms with Crippen LogP contribution in [0.25, 0.3) is 0 Å². The van der Waals surface area contributed by atoms with Crippen molar-refractivity contribution >= 4 is 39.6 Å². The molecule has 0 aromatic carbocycles. The second-order valence-electron chi connectivity index (χ2n) is 6.04. The Bertz CT molecular complexity index is 846. The van der Waals surface area contributed by atoms with Crippen LogP contribution in [0.15, 0.2) is 37.6 Å². The number of carbonyl (C=O) groups is 1. The van der Waals surface area contributed by atoms with Crippen LogP contribution in [0, 0.1) is 0 Å². The lowest BCUT2D eigenvalue weighted by molar-refractivity contribution is -0.139. The van der Waals surface area contributed by atoms with Crippen molar-refractivity contribution in [3.05, 3.63) is 33.8 Å². The lowest BCUT2D eigenvalue weighted by Crippen LogP contribution is -2.30. The molecule has 1 aliphatic rings. The topological polar surface area (TPSA) is 82.2 Å². The van der Waals surface area contributed by atoms with Gasteiger partial charge >= 0.3 is 5.97 Å². The van der Waals surface area contributed by atoms with Gasteiger partial charge < -0.3 is 14.5 Å². The number of anilines is 1. The molecule has 0 fully saturated rings. The summed E-state index contributed by atoms with van der Waals surface area (Å²) in [7, 11) is 0. The maximum atomic E-state index is 12.8. The van der Waals surface area contributed by atoms with Crippen LogP contribution in [0.1, 0.15) is 51.8 Å². The Hall–Kier alpha value is -1.74. The van der Waals surface area contributed by atoms with Crippen molar-refractivity contribution in [1.82, 2.24) is 14.8 Å². The number of halogens is 1. The van der Waals surface area contributed by atoms with Crippen molar-refractivity contribution in [2.45, 2.75) is 51.2 Å². The summed E-state index contributed by atoms with van der Waals surface area (Å²) in [6, 6.07) is 3.13. The van der Waals surface area contributed by atoms with Gasteiger partial charge in [-0.3, -0.25) is 0 Å².